The minimum absolute atomic E-state index is 0.0732. The van der Waals surface area contributed by atoms with Crippen LogP contribution in [0.15, 0.2) is 40.8 Å². The monoisotopic (exact) mass is 486 g/mol. The number of thiophene rings is 1. The third kappa shape index (κ3) is 5.18. The molecule has 0 N–H and O–H groups in total. The molecule has 2 aromatic rings. The Bertz CT molecular complexity index is 1030. The predicted octanol–water partition coefficient (Wildman–Crippen LogP) is 3.22. The topological polar surface area (TPSA) is 83.9 Å². The Morgan fingerprint density at radius 1 is 1.09 bits per heavy atom. The van der Waals surface area contributed by atoms with Crippen LogP contribution in [0, 0.1) is 0 Å². The van der Waals surface area contributed by atoms with Crippen molar-refractivity contribution in [2.75, 3.05) is 53.6 Å². The van der Waals surface area contributed by atoms with Gasteiger partial charge in [0.15, 0.2) is 11.5 Å². The molecule has 1 aromatic carbocycles. The fraction of sp³-hybridized carbons (Fsp3) is 0.458. The lowest BCUT2D eigenvalue weighted by atomic mass is 10.0. The Morgan fingerprint density at radius 2 is 1.85 bits per heavy atom. The average molecular weight is 487 g/mol. The summed E-state index contributed by atoms with van der Waals surface area (Å²) in [7, 11) is 3.20. The van der Waals surface area contributed by atoms with Gasteiger partial charge in [0.2, 0.25) is 0 Å². The maximum absolute atomic E-state index is 13.4. The molecule has 2 aliphatic rings. The van der Waals surface area contributed by atoms with Crippen LogP contribution in [0.3, 0.4) is 0 Å². The number of hydrazone groups is 1. The van der Waals surface area contributed by atoms with Crippen LogP contribution in [0.5, 0.6) is 11.5 Å². The molecular weight excluding hydrogens is 456 g/mol. The highest BCUT2D eigenvalue weighted by Gasteiger charge is 2.35. The van der Waals surface area contributed by atoms with Gasteiger partial charge in [-0.05, 0) is 36.1 Å². The van der Waals surface area contributed by atoms with Crippen molar-refractivity contribution in [1.29, 1.82) is 0 Å². The first-order valence-corrected chi connectivity index (χ1v) is 12.2. The first-order chi connectivity index (χ1) is 16.5. The van der Waals surface area contributed by atoms with Crippen LogP contribution >= 0.6 is 11.3 Å². The van der Waals surface area contributed by atoms with E-state index >= 15 is 0 Å². The van der Waals surface area contributed by atoms with Gasteiger partial charge in [0.25, 0.3) is 5.91 Å². The van der Waals surface area contributed by atoms with Gasteiger partial charge in [0.1, 0.15) is 0 Å². The van der Waals surface area contributed by atoms with Crippen LogP contribution in [0.2, 0.25) is 0 Å². The largest absolute Gasteiger partial charge is 0.493 e. The lowest BCUT2D eigenvalue weighted by Crippen LogP contribution is -2.51. The summed E-state index contributed by atoms with van der Waals surface area (Å²) in [6, 6.07) is 9.50. The van der Waals surface area contributed by atoms with E-state index in [-0.39, 0.29) is 24.6 Å². The van der Waals surface area contributed by atoms with E-state index < -0.39 is 0 Å². The number of benzene rings is 1. The first-order valence-electron chi connectivity index (χ1n) is 11.3. The smallest absolute Gasteiger partial charge is 0.409 e. The number of methoxy groups -OCH3 is 2. The maximum atomic E-state index is 13.4. The van der Waals surface area contributed by atoms with Gasteiger partial charge in [-0.1, -0.05) is 12.1 Å². The summed E-state index contributed by atoms with van der Waals surface area (Å²) in [6.45, 7) is 4.69. The molecule has 10 heteroatoms. The molecule has 2 amide bonds. The van der Waals surface area contributed by atoms with Crippen molar-refractivity contribution in [3.8, 4) is 11.5 Å². The molecule has 0 spiro atoms. The quantitative estimate of drug-likeness (QED) is 0.598. The number of nitrogens with zero attached hydrogens (tertiary/aromatic N) is 4. The van der Waals surface area contributed by atoms with Crippen LogP contribution in [0.4, 0.5) is 4.79 Å². The number of rotatable bonds is 7. The van der Waals surface area contributed by atoms with Gasteiger partial charge in [-0.2, -0.15) is 5.10 Å². The second-order valence-electron chi connectivity index (χ2n) is 8.06. The zero-order chi connectivity index (χ0) is 24.1. The molecule has 182 valence electrons. The number of piperazine rings is 1. The molecular formula is C24H30N4O5S. The second kappa shape index (κ2) is 10.9. The number of hydrogen-bond acceptors (Lipinski definition) is 8. The van der Waals surface area contributed by atoms with E-state index in [9.17, 15) is 9.59 Å². The molecule has 34 heavy (non-hydrogen) atoms. The molecule has 4 rings (SSSR count). The molecule has 1 unspecified atom stereocenters. The minimum atomic E-state index is -0.299. The molecule has 1 atom stereocenters. The van der Waals surface area contributed by atoms with E-state index in [4.69, 9.17) is 19.3 Å². The number of hydrogen-bond donors (Lipinski definition) is 0. The highest BCUT2D eigenvalue weighted by Crippen LogP contribution is 2.38. The zero-order valence-corrected chi connectivity index (χ0v) is 20.5. The highest BCUT2D eigenvalue weighted by molar-refractivity contribution is 7.12. The predicted molar refractivity (Wildman–Crippen MR) is 130 cm³/mol. The molecule has 3 heterocycles. The minimum Gasteiger partial charge on any atom is -0.493 e. The first kappa shape index (κ1) is 24.0. The van der Waals surface area contributed by atoms with Gasteiger partial charge in [-0.25, -0.2) is 9.80 Å². The summed E-state index contributed by atoms with van der Waals surface area (Å²) < 4.78 is 15.9. The van der Waals surface area contributed by atoms with Crippen molar-refractivity contribution in [3.63, 3.8) is 0 Å². The van der Waals surface area contributed by atoms with Gasteiger partial charge < -0.3 is 19.1 Å². The standard InChI is InChI=1S/C24H30N4O5S/c1-4-33-24(30)27-11-9-26(10-12-27)16-23(29)28-19(15-18(25-28)22-6-5-13-34-22)17-7-8-20(31-2)21(14-17)32-3/h5-8,13-14,19H,4,9-12,15-16H2,1-3H3. The molecule has 0 radical (unpaired) electrons. The average Bonchev–Trinajstić information content (AvgIpc) is 3.54. The third-order valence-electron chi connectivity index (χ3n) is 6.02. The van der Waals surface area contributed by atoms with Gasteiger partial charge in [-0.3, -0.25) is 9.69 Å². The van der Waals surface area contributed by atoms with E-state index in [1.54, 1.807) is 42.4 Å². The lowest BCUT2D eigenvalue weighted by molar-refractivity contribution is -0.134. The normalized spacial score (nSPS) is 18.6. The summed E-state index contributed by atoms with van der Waals surface area (Å²) in [5, 5.41) is 8.36. The summed E-state index contributed by atoms with van der Waals surface area (Å²) in [6.07, 6.45) is 0.324. The maximum Gasteiger partial charge on any atom is 0.409 e. The Morgan fingerprint density at radius 3 is 2.50 bits per heavy atom. The molecule has 1 fully saturated rings. The van der Waals surface area contributed by atoms with Crippen molar-refractivity contribution in [2.45, 2.75) is 19.4 Å². The number of ether oxygens (including phenoxy) is 3. The van der Waals surface area contributed by atoms with Gasteiger partial charge in [-0.15, -0.1) is 11.3 Å². The van der Waals surface area contributed by atoms with E-state index in [1.807, 2.05) is 35.7 Å². The fourth-order valence-corrected chi connectivity index (χ4v) is 4.94. The van der Waals surface area contributed by atoms with Gasteiger partial charge in [0, 0.05) is 32.6 Å². The Labute approximate surface area is 203 Å². The fourth-order valence-electron chi connectivity index (χ4n) is 4.22. The van der Waals surface area contributed by atoms with E-state index in [0.29, 0.717) is 50.7 Å². The summed E-state index contributed by atoms with van der Waals surface area (Å²) in [5.41, 5.74) is 1.84. The summed E-state index contributed by atoms with van der Waals surface area (Å²) in [5.74, 6) is 1.18. The Hall–Kier alpha value is -3.11. The van der Waals surface area contributed by atoms with Crippen molar-refractivity contribution >= 4 is 29.0 Å². The lowest BCUT2D eigenvalue weighted by Gasteiger charge is -2.34. The van der Waals surface area contributed by atoms with Gasteiger partial charge >= 0.3 is 6.09 Å². The zero-order valence-electron chi connectivity index (χ0n) is 19.7. The molecule has 2 aliphatic heterocycles. The van der Waals surface area contributed by atoms with Crippen LogP contribution in [-0.2, 0) is 9.53 Å². The van der Waals surface area contributed by atoms with Crippen molar-refractivity contribution < 1.29 is 23.8 Å². The van der Waals surface area contributed by atoms with Crippen LogP contribution < -0.4 is 9.47 Å². The van der Waals surface area contributed by atoms with Crippen LogP contribution in [0.25, 0.3) is 0 Å². The van der Waals surface area contributed by atoms with Gasteiger partial charge in [0.05, 0.1) is 44.0 Å². The number of carbonyl (C=O) groups is 2. The van der Waals surface area contributed by atoms with Crippen molar-refractivity contribution in [2.24, 2.45) is 5.10 Å². The SMILES string of the molecule is CCOC(=O)N1CCN(CC(=O)N2N=C(c3cccs3)CC2c2ccc(OC)c(OC)c2)CC1. The van der Waals surface area contributed by atoms with Crippen LogP contribution in [-0.4, -0.2) is 86.1 Å². The highest BCUT2D eigenvalue weighted by atomic mass is 32.1. The third-order valence-corrected chi connectivity index (χ3v) is 6.94. The van der Waals surface area contributed by atoms with Crippen molar-refractivity contribution in [3.05, 3.63) is 46.2 Å². The summed E-state index contributed by atoms with van der Waals surface area (Å²) in [4.78, 5) is 30.2. The second-order valence-corrected chi connectivity index (χ2v) is 9.01. The molecule has 1 saturated heterocycles. The Balaban J connectivity index is 1.50. The number of carbonyl (C=O) groups excluding carboxylic acids is 2. The molecule has 1 aromatic heterocycles. The van der Waals surface area contributed by atoms with Crippen molar-refractivity contribution in [1.82, 2.24) is 14.8 Å². The number of amides is 2. The molecule has 9 nitrogen and oxygen atoms in total. The van der Waals surface area contributed by atoms with E-state index in [1.165, 1.54) is 0 Å². The molecule has 0 aliphatic carbocycles. The van der Waals surface area contributed by atoms with Crippen LogP contribution in [0.1, 0.15) is 29.8 Å². The summed E-state index contributed by atoms with van der Waals surface area (Å²) >= 11 is 1.61. The van der Waals surface area contributed by atoms with E-state index in [2.05, 4.69) is 4.90 Å². The Kier molecular flexibility index (Phi) is 7.69. The molecule has 0 saturated carbocycles. The van der Waals surface area contributed by atoms with E-state index in [0.717, 1.165) is 16.2 Å². The molecule has 0 bridgehead atoms.